The summed E-state index contributed by atoms with van der Waals surface area (Å²) in [5, 5.41) is 9.74. The number of benzene rings is 1. The molecule has 3 heterocycles. The van der Waals surface area contributed by atoms with Crippen molar-refractivity contribution in [3.8, 4) is 5.69 Å². The molecule has 0 radical (unpaired) electrons. The lowest BCUT2D eigenvalue weighted by Crippen LogP contribution is -2.48. The Labute approximate surface area is 182 Å². The standard InChI is InChI=1S/C22H31N5O2S/c1-17-13-26(14-18(2)29-17)21(28)16-30-22-24-23-20(15-25-11-7-4-8-12-25)27(22)19-9-5-3-6-10-19/h3,5-6,9-10,17-18H,4,7-8,11-16H2,1-2H3. The first-order valence-electron chi connectivity index (χ1n) is 10.9. The van der Waals surface area contributed by atoms with Crippen molar-refractivity contribution in [1.82, 2.24) is 24.6 Å². The predicted molar refractivity (Wildman–Crippen MR) is 118 cm³/mol. The quantitative estimate of drug-likeness (QED) is 0.658. The van der Waals surface area contributed by atoms with Gasteiger partial charge in [0.05, 0.1) is 24.5 Å². The van der Waals surface area contributed by atoms with Crippen LogP contribution in [-0.2, 0) is 16.1 Å². The Morgan fingerprint density at radius 3 is 2.47 bits per heavy atom. The van der Waals surface area contributed by atoms with E-state index in [1.165, 1.54) is 31.0 Å². The third-order valence-electron chi connectivity index (χ3n) is 5.63. The van der Waals surface area contributed by atoms with Crippen molar-refractivity contribution in [1.29, 1.82) is 0 Å². The summed E-state index contributed by atoms with van der Waals surface area (Å²) in [6, 6.07) is 10.2. The van der Waals surface area contributed by atoms with Gasteiger partial charge in [0, 0.05) is 18.8 Å². The smallest absolute Gasteiger partial charge is 0.233 e. The molecule has 2 unspecified atom stereocenters. The largest absolute Gasteiger partial charge is 0.372 e. The van der Waals surface area contributed by atoms with E-state index in [2.05, 4.69) is 31.8 Å². The average molecular weight is 430 g/mol. The molecule has 0 bridgehead atoms. The third-order valence-corrected chi connectivity index (χ3v) is 6.54. The van der Waals surface area contributed by atoms with Gasteiger partial charge in [-0.2, -0.15) is 0 Å². The van der Waals surface area contributed by atoms with Crippen molar-refractivity contribution in [3.05, 3.63) is 36.2 Å². The van der Waals surface area contributed by atoms with Crippen LogP contribution in [-0.4, -0.2) is 74.6 Å². The fourth-order valence-corrected chi connectivity index (χ4v) is 5.12. The summed E-state index contributed by atoms with van der Waals surface area (Å²) in [5.41, 5.74) is 1.04. The number of piperidine rings is 1. The number of thioether (sulfide) groups is 1. The predicted octanol–water partition coefficient (Wildman–Crippen LogP) is 2.98. The molecule has 2 saturated heterocycles. The Bertz CT molecular complexity index is 827. The van der Waals surface area contributed by atoms with Gasteiger partial charge in [0.1, 0.15) is 0 Å². The van der Waals surface area contributed by atoms with Crippen molar-refractivity contribution in [2.45, 2.75) is 57.0 Å². The van der Waals surface area contributed by atoms with Gasteiger partial charge in [-0.05, 0) is 51.9 Å². The normalized spacial score (nSPS) is 22.9. The molecule has 4 rings (SSSR count). The summed E-state index contributed by atoms with van der Waals surface area (Å²) in [5.74, 6) is 1.42. The van der Waals surface area contributed by atoms with Crippen LogP contribution in [0.3, 0.4) is 0 Å². The van der Waals surface area contributed by atoms with E-state index in [1.54, 1.807) is 0 Å². The van der Waals surface area contributed by atoms with E-state index < -0.39 is 0 Å². The molecule has 0 aliphatic carbocycles. The Balaban J connectivity index is 1.49. The molecule has 2 fully saturated rings. The second-order valence-corrected chi connectivity index (χ2v) is 9.19. The van der Waals surface area contributed by atoms with Gasteiger partial charge in [-0.25, -0.2) is 0 Å². The van der Waals surface area contributed by atoms with Crippen molar-refractivity contribution in [3.63, 3.8) is 0 Å². The van der Waals surface area contributed by atoms with Crippen molar-refractivity contribution >= 4 is 17.7 Å². The number of carbonyl (C=O) groups excluding carboxylic acids is 1. The number of aromatic nitrogens is 3. The monoisotopic (exact) mass is 429 g/mol. The Hall–Kier alpha value is -1.90. The van der Waals surface area contributed by atoms with Crippen LogP contribution in [0, 0.1) is 0 Å². The molecule has 2 aliphatic heterocycles. The highest BCUT2D eigenvalue weighted by Gasteiger charge is 2.26. The van der Waals surface area contributed by atoms with E-state index in [4.69, 9.17) is 4.74 Å². The second-order valence-electron chi connectivity index (χ2n) is 8.25. The molecule has 8 heteroatoms. The molecule has 7 nitrogen and oxygen atoms in total. The van der Waals surface area contributed by atoms with Gasteiger partial charge in [0.2, 0.25) is 5.91 Å². The van der Waals surface area contributed by atoms with E-state index in [-0.39, 0.29) is 18.1 Å². The Kier molecular flexibility index (Phi) is 7.07. The van der Waals surface area contributed by atoms with Crippen molar-refractivity contribution in [2.75, 3.05) is 31.9 Å². The van der Waals surface area contributed by atoms with Gasteiger partial charge >= 0.3 is 0 Å². The maximum Gasteiger partial charge on any atom is 0.233 e. The molecule has 162 valence electrons. The maximum absolute atomic E-state index is 12.8. The fraction of sp³-hybridized carbons (Fsp3) is 0.591. The summed E-state index contributed by atoms with van der Waals surface area (Å²) in [6.07, 6.45) is 3.94. The van der Waals surface area contributed by atoms with E-state index in [0.29, 0.717) is 18.8 Å². The molecular weight excluding hydrogens is 398 g/mol. The molecule has 1 aromatic heterocycles. The van der Waals surface area contributed by atoms with Crippen LogP contribution in [0.15, 0.2) is 35.5 Å². The molecule has 2 aromatic rings. The molecule has 1 aromatic carbocycles. The molecule has 2 aliphatic rings. The summed E-state index contributed by atoms with van der Waals surface area (Å²) >= 11 is 1.47. The fourth-order valence-electron chi connectivity index (χ4n) is 4.25. The number of hydrogen-bond acceptors (Lipinski definition) is 6. The molecule has 0 spiro atoms. The Morgan fingerprint density at radius 1 is 1.07 bits per heavy atom. The number of rotatable bonds is 6. The van der Waals surface area contributed by atoms with Gasteiger partial charge in [-0.15, -0.1) is 10.2 Å². The number of ether oxygens (including phenoxy) is 1. The molecule has 0 N–H and O–H groups in total. The maximum atomic E-state index is 12.8. The lowest BCUT2D eigenvalue weighted by atomic mass is 10.1. The zero-order chi connectivity index (χ0) is 20.9. The minimum absolute atomic E-state index is 0.0758. The number of nitrogens with zero attached hydrogens (tertiary/aromatic N) is 5. The summed E-state index contributed by atoms with van der Waals surface area (Å²) in [7, 11) is 0. The number of likely N-dealkylation sites (tertiary alicyclic amines) is 1. The van der Waals surface area contributed by atoms with E-state index in [0.717, 1.165) is 36.3 Å². The zero-order valence-corrected chi connectivity index (χ0v) is 18.7. The lowest BCUT2D eigenvalue weighted by Gasteiger charge is -2.35. The average Bonchev–Trinajstić information content (AvgIpc) is 3.15. The number of morpholine rings is 1. The molecule has 30 heavy (non-hydrogen) atoms. The lowest BCUT2D eigenvalue weighted by molar-refractivity contribution is -0.140. The highest BCUT2D eigenvalue weighted by molar-refractivity contribution is 7.99. The number of para-hydroxylation sites is 1. The van der Waals surface area contributed by atoms with Gasteiger partial charge in [0.25, 0.3) is 0 Å². The highest BCUT2D eigenvalue weighted by Crippen LogP contribution is 2.24. The highest BCUT2D eigenvalue weighted by atomic mass is 32.2. The van der Waals surface area contributed by atoms with Crippen LogP contribution in [0.25, 0.3) is 5.69 Å². The number of carbonyl (C=O) groups is 1. The first-order chi connectivity index (χ1) is 14.6. The summed E-state index contributed by atoms with van der Waals surface area (Å²) in [6.45, 7) is 8.33. The van der Waals surface area contributed by atoms with E-state index in [1.807, 2.05) is 36.9 Å². The molecule has 0 saturated carbocycles. The van der Waals surface area contributed by atoms with Crippen LogP contribution in [0.2, 0.25) is 0 Å². The van der Waals surface area contributed by atoms with Gasteiger partial charge in [0.15, 0.2) is 11.0 Å². The Morgan fingerprint density at radius 2 is 1.77 bits per heavy atom. The minimum Gasteiger partial charge on any atom is -0.372 e. The van der Waals surface area contributed by atoms with Gasteiger partial charge in [-0.1, -0.05) is 36.4 Å². The van der Waals surface area contributed by atoms with Crippen LogP contribution < -0.4 is 0 Å². The third kappa shape index (κ3) is 5.22. The number of hydrogen-bond donors (Lipinski definition) is 0. The van der Waals surface area contributed by atoms with Crippen LogP contribution in [0.4, 0.5) is 0 Å². The first-order valence-corrected chi connectivity index (χ1v) is 11.9. The molecular formula is C22H31N5O2S. The summed E-state index contributed by atoms with van der Waals surface area (Å²) < 4.78 is 7.86. The topological polar surface area (TPSA) is 63.5 Å². The zero-order valence-electron chi connectivity index (χ0n) is 17.9. The SMILES string of the molecule is CC1CN(C(=O)CSc2nnc(CN3CCCCC3)n2-c2ccccc2)CC(C)O1. The minimum atomic E-state index is 0.0758. The van der Waals surface area contributed by atoms with Crippen LogP contribution >= 0.6 is 11.8 Å². The molecule has 2 atom stereocenters. The van der Waals surface area contributed by atoms with Crippen molar-refractivity contribution < 1.29 is 9.53 Å². The van der Waals surface area contributed by atoms with E-state index in [9.17, 15) is 4.79 Å². The van der Waals surface area contributed by atoms with Crippen LogP contribution in [0.1, 0.15) is 38.9 Å². The first kappa shape index (κ1) is 21.3. The van der Waals surface area contributed by atoms with E-state index >= 15 is 0 Å². The van der Waals surface area contributed by atoms with Crippen LogP contribution in [0.5, 0.6) is 0 Å². The van der Waals surface area contributed by atoms with Crippen molar-refractivity contribution in [2.24, 2.45) is 0 Å². The summed E-state index contributed by atoms with van der Waals surface area (Å²) in [4.78, 5) is 17.2. The van der Waals surface area contributed by atoms with Gasteiger partial charge in [-0.3, -0.25) is 14.3 Å². The second kappa shape index (κ2) is 9.94. The number of amides is 1. The molecule has 1 amide bonds. The van der Waals surface area contributed by atoms with Gasteiger partial charge < -0.3 is 9.64 Å².